The minimum absolute atomic E-state index is 0.107. The molecule has 3 heterocycles. The SMILES string of the molecule is O=NC1CCc2cc(-c3oc(C(=O)N4CCN(Cc5ccc(Cl)cc5)CC4)cc3-c3ccncc3)ccc21. The Balaban J connectivity index is 1.23. The molecule has 8 heteroatoms. The largest absolute Gasteiger partial charge is 0.450 e. The molecule has 1 fully saturated rings. The summed E-state index contributed by atoms with van der Waals surface area (Å²) < 4.78 is 6.29. The van der Waals surface area contributed by atoms with Crippen LogP contribution >= 0.6 is 11.6 Å². The second-order valence-corrected chi connectivity index (χ2v) is 10.3. The zero-order chi connectivity index (χ0) is 26.1. The predicted molar refractivity (Wildman–Crippen MR) is 147 cm³/mol. The molecule has 0 N–H and O–H groups in total. The highest BCUT2D eigenvalue weighted by Crippen LogP contribution is 2.40. The van der Waals surface area contributed by atoms with Crippen LogP contribution in [0.5, 0.6) is 0 Å². The molecule has 0 radical (unpaired) electrons. The summed E-state index contributed by atoms with van der Waals surface area (Å²) in [6, 6.07) is 19.3. The molecule has 7 nitrogen and oxygen atoms in total. The Morgan fingerprint density at radius 3 is 2.47 bits per heavy atom. The zero-order valence-electron chi connectivity index (χ0n) is 20.8. The Labute approximate surface area is 226 Å². The van der Waals surface area contributed by atoms with E-state index in [0.29, 0.717) is 24.6 Å². The maximum Gasteiger partial charge on any atom is 0.289 e. The van der Waals surface area contributed by atoms with Gasteiger partial charge in [-0.2, -0.15) is 4.91 Å². The normalized spacial score (nSPS) is 17.4. The van der Waals surface area contributed by atoms with Crippen molar-refractivity contribution in [2.24, 2.45) is 5.18 Å². The van der Waals surface area contributed by atoms with Crippen molar-refractivity contribution < 1.29 is 9.21 Å². The van der Waals surface area contributed by atoms with E-state index in [1.807, 2.05) is 59.5 Å². The average Bonchev–Trinajstić information content (AvgIpc) is 3.59. The standard InChI is InChI=1S/C30H27ClN4O3/c31-24-5-1-20(2-6-24)19-34-13-15-35(16-14-34)30(36)28-18-26(21-9-11-32-12-10-21)29(38-28)23-3-7-25-22(17-23)4-8-27(25)33-37/h1-3,5-7,9-12,17-18,27H,4,8,13-16,19H2. The monoisotopic (exact) mass is 526 g/mol. The summed E-state index contributed by atoms with van der Waals surface area (Å²) in [4.78, 5) is 33.1. The number of amides is 1. The zero-order valence-corrected chi connectivity index (χ0v) is 21.6. The average molecular weight is 527 g/mol. The van der Waals surface area contributed by atoms with Gasteiger partial charge in [0.25, 0.3) is 5.91 Å². The number of benzene rings is 2. The number of fused-ring (bicyclic) bond motifs is 1. The molecule has 1 aliphatic heterocycles. The van der Waals surface area contributed by atoms with Crippen LogP contribution in [-0.2, 0) is 13.0 Å². The van der Waals surface area contributed by atoms with Gasteiger partial charge in [-0.1, -0.05) is 41.0 Å². The number of aryl methyl sites for hydroxylation is 1. The molecule has 6 rings (SSSR count). The highest BCUT2D eigenvalue weighted by atomic mass is 35.5. The first-order valence-corrected chi connectivity index (χ1v) is 13.2. The topological polar surface area (TPSA) is 79.0 Å². The minimum atomic E-state index is -0.286. The quantitative estimate of drug-likeness (QED) is 0.273. The lowest BCUT2D eigenvalue weighted by Crippen LogP contribution is -2.48. The van der Waals surface area contributed by atoms with E-state index in [1.54, 1.807) is 12.4 Å². The second kappa shape index (κ2) is 10.5. The number of nitroso groups, excluding NO2 is 1. The predicted octanol–water partition coefficient (Wildman–Crippen LogP) is 6.37. The molecule has 0 bridgehead atoms. The Morgan fingerprint density at radius 1 is 0.974 bits per heavy atom. The molecule has 1 aliphatic carbocycles. The second-order valence-electron chi connectivity index (χ2n) is 9.86. The number of carbonyl (C=O) groups is 1. The smallest absolute Gasteiger partial charge is 0.289 e. The molecule has 0 saturated carbocycles. The maximum absolute atomic E-state index is 13.5. The molecule has 1 saturated heterocycles. The fraction of sp³-hybridized carbons (Fsp3) is 0.267. The summed E-state index contributed by atoms with van der Waals surface area (Å²) in [6.07, 6.45) is 5.00. The molecular weight excluding hydrogens is 500 g/mol. The van der Waals surface area contributed by atoms with Gasteiger partial charge in [0.1, 0.15) is 11.8 Å². The molecule has 2 aromatic heterocycles. The third kappa shape index (κ3) is 4.87. The Morgan fingerprint density at radius 2 is 1.74 bits per heavy atom. The third-order valence-corrected chi connectivity index (χ3v) is 7.74. The number of piperazine rings is 1. The third-order valence-electron chi connectivity index (χ3n) is 7.49. The van der Waals surface area contributed by atoms with Crippen LogP contribution < -0.4 is 0 Å². The number of halogens is 1. The molecule has 2 aliphatic rings. The van der Waals surface area contributed by atoms with Gasteiger partial charge in [-0.3, -0.25) is 14.7 Å². The minimum Gasteiger partial charge on any atom is -0.450 e. The molecule has 38 heavy (non-hydrogen) atoms. The first kappa shape index (κ1) is 24.5. The van der Waals surface area contributed by atoms with Gasteiger partial charge in [0.15, 0.2) is 5.76 Å². The van der Waals surface area contributed by atoms with Crippen molar-refractivity contribution >= 4 is 17.5 Å². The number of rotatable bonds is 6. The fourth-order valence-corrected chi connectivity index (χ4v) is 5.54. The van der Waals surface area contributed by atoms with E-state index in [0.717, 1.165) is 65.3 Å². The van der Waals surface area contributed by atoms with Gasteiger partial charge in [-0.05, 0) is 71.5 Å². The van der Waals surface area contributed by atoms with Gasteiger partial charge in [0, 0.05) is 61.3 Å². The number of furan rings is 1. The Kier molecular flexibility index (Phi) is 6.79. The molecule has 2 aromatic carbocycles. The van der Waals surface area contributed by atoms with E-state index in [9.17, 15) is 9.70 Å². The van der Waals surface area contributed by atoms with Gasteiger partial charge in [-0.15, -0.1) is 0 Å². The summed E-state index contributed by atoms with van der Waals surface area (Å²) in [5.41, 5.74) is 5.95. The summed E-state index contributed by atoms with van der Waals surface area (Å²) >= 11 is 6.01. The van der Waals surface area contributed by atoms with Crippen LogP contribution in [0.1, 0.15) is 39.7 Å². The first-order chi connectivity index (χ1) is 18.6. The van der Waals surface area contributed by atoms with Crippen LogP contribution in [0.4, 0.5) is 0 Å². The molecular formula is C30H27ClN4O3. The van der Waals surface area contributed by atoms with Crippen molar-refractivity contribution in [3.05, 3.63) is 105 Å². The van der Waals surface area contributed by atoms with Crippen molar-refractivity contribution in [2.45, 2.75) is 25.4 Å². The van der Waals surface area contributed by atoms with Crippen molar-refractivity contribution in [2.75, 3.05) is 26.2 Å². The lowest BCUT2D eigenvalue weighted by molar-refractivity contribution is 0.0598. The van der Waals surface area contributed by atoms with E-state index in [1.165, 1.54) is 5.56 Å². The lowest BCUT2D eigenvalue weighted by atomic mass is 9.99. The molecule has 4 aromatic rings. The number of carbonyl (C=O) groups excluding carboxylic acids is 1. The lowest BCUT2D eigenvalue weighted by Gasteiger charge is -2.34. The van der Waals surface area contributed by atoms with Crippen LogP contribution in [-0.4, -0.2) is 46.9 Å². The number of pyridine rings is 1. The summed E-state index contributed by atoms with van der Waals surface area (Å²) in [6.45, 7) is 3.67. The summed E-state index contributed by atoms with van der Waals surface area (Å²) in [5.74, 6) is 0.862. The van der Waals surface area contributed by atoms with E-state index in [4.69, 9.17) is 16.0 Å². The van der Waals surface area contributed by atoms with E-state index in [2.05, 4.69) is 21.1 Å². The first-order valence-electron chi connectivity index (χ1n) is 12.8. The highest BCUT2D eigenvalue weighted by Gasteiger charge is 2.28. The van der Waals surface area contributed by atoms with Crippen LogP contribution in [0.2, 0.25) is 5.02 Å². The number of aromatic nitrogens is 1. The van der Waals surface area contributed by atoms with Crippen molar-refractivity contribution in [1.29, 1.82) is 0 Å². The van der Waals surface area contributed by atoms with Gasteiger partial charge >= 0.3 is 0 Å². The van der Waals surface area contributed by atoms with Crippen molar-refractivity contribution in [3.63, 3.8) is 0 Å². The summed E-state index contributed by atoms with van der Waals surface area (Å²) in [5, 5.41) is 4.00. The maximum atomic E-state index is 13.5. The van der Waals surface area contributed by atoms with Gasteiger partial charge in [0.2, 0.25) is 0 Å². The van der Waals surface area contributed by atoms with Gasteiger partial charge < -0.3 is 9.32 Å². The number of hydrogen-bond acceptors (Lipinski definition) is 6. The van der Waals surface area contributed by atoms with E-state index < -0.39 is 0 Å². The highest BCUT2D eigenvalue weighted by molar-refractivity contribution is 6.30. The van der Waals surface area contributed by atoms with Crippen LogP contribution in [0.25, 0.3) is 22.5 Å². The van der Waals surface area contributed by atoms with Gasteiger partial charge in [0.05, 0.1) is 0 Å². The van der Waals surface area contributed by atoms with E-state index in [-0.39, 0.29) is 11.9 Å². The van der Waals surface area contributed by atoms with Crippen LogP contribution in [0.15, 0.2) is 82.7 Å². The molecule has 1 atom stereocenters. The Hall–Kier alpha value is -3.81. The number of nitrogens with zero attached hydrogens (tertiary/aromatic N) is 4. The molecule has 0 spiro atoms. The van der Waals surface area contributed by atoms with Gasteiger partial charge in [-0.25, -0.2) is 0 Å². The Bertz CT molecular complexity index is 1460. The van der Waals surface area contributed by atoms with Crippen LogP contribution in [0.3, 0.4) is 0 Å². The van der Waals surface area contributed by atoms with E-state index >= 15 is 0 Å². The van der Waals surface area contributed by atoms with Crippen LogP contribution in [0, 0.1) is 4.91 Å². The summed E-state index contributed by atoms with van der Waals surface area (Å²) in [7, 11) is 0. The fourth-order valence-electron chi connectivity index (χ4n) is 5.42. The molecule has 1 amide bonds. The molecule has 192 valence electrons. The van der Waals surface area contributed by atoms with Crippen molar-refractivity contribution in [1.82, 2.24) is 14.8 Å². The molecule has 1 unspecified atom stereocenters. The van der Waals surface area contributed by atoms with Crippen molar-refractivity contribution in [3.8, 4) is 22.5 Å². The number of hydrogen-bond donors (Lipinski definition) is 0.